The number of benzene rings is 7. The zero-order valence-electron chi connectivity index (χ0n) is 37.8. The van der Waals surface area contributed by atoms with Gasteiger partial charge in [-0.1, -0.05) is 165 Å². The van der Waals surface area contributed by atoms with Gasteiger partial charge in [0, 0.05) is 42.8 Å². The Bertz CT molecular complexity index is 3120. The van der Waals surface area contributed by atoms with Gasteiger partial charge in [0.15, 0.2) is 0 Å². The number of aromatic hydroxyl groups is 1. The molecule has 0 aliphatic heterocycles. The molecule has 9 rings (SSSR count). The first-order valence-electron chi connectivity index (χ1n) is 22.1. The number of nitrogens with zero attached hydrogens (tertiary/aromatic N) is 3. The molecule has 0 unspecified atom stereocenters. The van der Waals surface area contributed by atoms with Crippen LogP contribution in [0.25, 0.3) is 83.9 Å². The minimum atomic E-state index is -2.42. The molecule has 1 N–H and O–H groups in total. The number of para-hydroxylation sites is 1. The molecule has 0 saturated carbocycles. The van der Waals surface area contributed by atoms with E-state index in [1.807, 2.05) is 95.7 Å². The van der Waals surface area contributed by atoms with E-state index >= 15 is 0 Å². The Morgan fingerprint density at radius 1 is 0.607 bits per heavy atom. The number of pyridine rings is 1. The minimum absolute atomic E-state index is 0. The number of fused-ring (bicyclic) bond motifs is 1. The van der Waals surface area contributed by atoms with Crippen LogP contribution in [-0.4, -0.2) is 19.6 Å². The summed E-state index contributed by atoms with van der Waals surface area (Å²) < 4.78 is 28.1. The van der Waals surface area contributed by atoms with E-state index in [0.29, 0.717) is 28.2 Å². The van der Waals surface area contributed by atoms with Gasteiger partial charge < -0.3 is 5.11 Å². The van der Waals surface area contributed by atoms with Crippen LogP contribution in [0.5, 0.6) is 5.75 Å². The third-order valence-corrected chi connectivity index (χ3v) is 11.4. The van der Waals surface area contributed by atoms with Crippen molar-refractivity contribution in [3.63, 3.8) is 0 Å². The number of aromatic nitrogens is 3. The first-order valence-corrected chi connectivity index (χ1v) is 20.6. The van der Waals surface area contributed by atoms with Crippen molar-refractivity contribution in [3.05, 3.63) is 192 Å². The van der Waals surface area contributed by atoms with Crippen molar-refractivity contribution in [3.8, 4) is 78.6 Å². The van der Waals surface area contributed by atoms with E-state index in [1.165, 1.54) is 5.56 Å². The quantitative estimate of drug-likeness (QED) is 0.147. The summed E-state index contributed by atoms with van der Waals surface area (Å²) >= 11 is 0. The molecular formula is C56H48N3OPt-. The molecule has 2 aromatic heterocycles. The standard InChI is InChI=1S/C56H48N3O.Pt/c1-35(2)43-32-50(36(3)4)55(60)51(33-43)56-58-54-49(18-13-19-53(54)59(56)47-24-25-48(38(6)28-47)41-16-11-8-12-17-41)45-29-44(39-14-9-7-10-15-39)30-46(31-45)52-34-42(26-27-57-52)40-22-20-37(5)21-23-40;/h7-30,32-36,60H,1-6H3;/q-1;/i6D3;. The number of imidazole rings is 1. The second-order valence-corrected chi connectivity index (χ2v) is 16.2. The molecule has 2 heterocycles. The van der Waals surface area contributed by atoms with Crippen LogP contribution >= 0.6 is 0 Å². The van der Waals surface area contributed by atoms with Crippen LogP contribution in [0.3, 0.4) is 0 Å². The predicted molar refractivity (Wildman–Crippen MR) is 250 cm³/mol. The fourth-order valence-electron chi connectivity index (χ4n) is 8.08. The van der Waals surface area contributed by atoms with Gasteiger partial charge in [-0.3, -0.25) is 9.55 Å². The van der Waals surface area contributed by atoms with Crippen LogP contribution in [-0.2, 0) is 21.1 Å². The second kappa shape index (κ2) is 17.3. The number of hydrogen-bond donors (Lipinski definition) is 1. The third kappa shape index (κ3) is 8.13. The molecule has 5 heteroatoms. The van der Waals surface area contributed by atoms with Crippen LogP contribution in [0, 0.1) is 19.8 Å². The maximum Gasteiger partial charge on any atom is 0.148 e. The number of phenolic OH excluding ortho intramolecular Hbond substituents is 1. The molecule has 0 aliphatic rings. The second-order valence-electron chi connectivity index (χ2n) is 16.2. The van der Waals surface area contributed by atoms with Crippen LogP contribution in [0.1, 0.15) is 65.9 Å². The van der Waals surface area contributed by atoms with E-state index in [2.05, 4.69) is 107 Å². The van der Waals surface area contributed by atoms with E-state index < -0.39 is 6.85 Å². The van der Waals surface area contributed by atoms with Gasteiger partial charge in [-0.25, -0.2) is 4.98 Å². The van der Waals surface area contributed by atoms with Crippen molar-refractivity contribution in [2.45, 2.75) is 53.3 Å². The van der Waals surface area contributed by atoms with E-state index in [1.54, 1.807) is 6.07 Å². The van der Waals surface area contributed by atoms with Crippen molar-refractivity contribution < 1.29 is 30.3 Å². The van der Waals surface area contributed by atoms with E-state index in [-0.39, 0.29) is 44.2 Å². The molecule has 0 aliphatic carbocycles. The number of phenols is 1. The van der Waals surface area contributed by atoms with Gasteiger partial charge in [-0.15, -0.1) is 23.8 Å². The fraction of sp³-hybridized carbons (Fsp3) is 0.143. The fourth-order valence-corrected chi connectivity index (χ4v) is 8.08. The largest absolute Gasteiger partial charge is 0.507 e. The van der Waals surface area contributed by atoms with Crippen molar-refractivity contribution >= 4 is 11.0 Å². The molecule has 0 amide bonds. The Kier molecular flexibility index (Phi) is 10.7. The number of aryl methyl sites for hydroxylation is 2. The Balaban J connectivity index is 0.00000560. The molecule has 0 bridgehead atoms. The zero-order chi connectivity index (χ0) is 44.0. The Morgan fingerprint density at radius 2 is 1.31 bits per heavy atom. The smallest absolute Gasteiger partial charge is 0.148 e. The van der Waals surface area contributed by atoms with Crippen molar-refractivity contribution in [1.29, 1.82) is 0 Å². The molecule has 0 saturated heterocycles. The Morgan fingerprint density at radius 3 is 2.02 bits per heavy atom. The van der Waals surface area contributed by atoms with Crippen molar-refractivity contribution in [1.82, 2.24) is 14.5 Å². The van der Waals surface area contributed by atoms with Crippen LogP contribution in [0.2, 0.25) is 0 Å². The molecule has 7 aromatic carbocycles. The van der Waals surface area contributed by atoms with Gasteiger partial charge in [0.1, 0.15) is 11.6 Å². The average molecular weight is 977 g/mol. The molecule has 0 radical (unpaired) electrons. The van der Waals surface area contributed by atoms with Gasteiger partial charge in [0.2, 0.25) is 0 Å². The van der Waals surface area contributed by atoms with Gasteiger partial charge in [0.05, 0.1) is 16.6 Å². The van der Waals surface area contributed by atoms with Gasteiger partial charge in [-0.05, 0) is 100 Å². The summed E-state index contributed by atoms with van der Waals surface area (Å²) in [5.74, 6) is 0.878. The summed E-state index contributed by atoms with van der Waals surface area (Å²) in [6.07, 6.45) is 1.85. The van der Waals surface area contributed by atoms with Crippen LogP contribution < -0.4 is 0 Å². The van der Waals surface area contributed by atoms with Gasteiger partial charge in [-0.2, -0.15) is 0 Å². The zero-order valence-corrected chi connectivity index (χ0v) is 37.1. The first kappa shape index (κ1) is 37.6. The van der Waals surface area contributed by atoms with Crippen LogP contribution in [0.4, 0.5) is 0 Å². The first-order chi connectivity index (χ1) is 30.3. The van der Waals surface area contributed by atoms with E-state index in [9.17, 15) is 5.11 Å². The van der Waals surface area contributed by atoms with E-state index in [4.69, 9.17) is 14.1 Å². The third-order valence-electron chi connectivity index (χ3n) is 11.4. The predicted octanol–water partition coefficient (Wildman–Crippen LogP) is 14.8. The monoisotopic (exact) mass is 976 g/mol. The summed E-state index contributed by atoms with van der Waals surface area (Å²) in [6.45, 7) is 8.11. The summed E-state index contributed by atoms with van der Waals surface area (Å²) in [7, 11) is 0. The summed E-state index contributed by atoms with van der Waals surface area (Å²) in [5, 5.41) is 12.2. The molecular weight excluding hydrogens is 926 g/mol. The molecule has 0 spiro atoms. The molecule has 61 heavy (non-hydrogen) atoms. The number of rotatable bonds is 9. The number of hydrogen-bond acceptors (Lipinski definition) is 3. The molecule has 9 aromatic rings. The normalized spacial score (nSPS) is 12.3. The SMILES string of the molecule is [2H]C([2H])([2H])c1cc(-n2c(-c3cc(C(C)C)cc(C(C)C)c3O)nc3c(-c4[c-]c(-c5cc(-c6ccc(C)cc6)ccn5)cc(-c5ccccc5)c4)cccc32)ccc1-c1ccccc1.[Pt]. The maximum absolute atomic E-state index is 12.2. The van der Waals surface area contributed by atoms with E-state index in [0.717, 1.165) is 66.8 Å². The van der Waals surface area contributed by atoms with Crippen molar-refractivity contribution in [2.24, 2.45) is 0 Å². The Hall–Kier alpha value is -6.35. The van der Waals surface area contributed by atoms with Crippen molar-refractivity contribution in [2.75, 3.05) is 0 Å². The van der Waals surface area contributed by atoms with Crippen LogP contribution in [0.15, 0.2) is 164 Å². The Labute approximate surface area is 378 Å². The maximum atomic E-state index is 12.2. The average Bonchev–Trinajstić information content (AvgIpc) is 3.69. The summed E-state index contributed by atoms with van der Waals surface area (Å²) in [5.41, 5.74) is 14.9. The molecule has 0 fully saturated rings. The minimum Gasteiger partial charge on any atom is -0.507 e. The summed E-state index contributed by atoms with van der Waals surface area (Å²) in [6, 6.07) is 56.4. The molecule has 304 valence electrons. The molecule has 0 atom stereocenters. The topological polar surface area (TPSA) is 50.9 Å². The summed E-state index contributed by atoms with van der Waals surface area (Å²) in [4.78, 5) is 10.3. The van der Waals surface area contributed by atoms with Gasteiger partial charge in [0.25, 0.3) is 0 Å². The van der Waals surface area contributed by atoms with Gasteiger partial charge >= 0.3 is 0 Å². The molecule has 4 nitrogen and oxygen atoms in total.